The van der Waals surface area contributed by atoms with Crippen molar-refractivity contribution in [3.05, 3.63) is 0 Å². The van der Waals surface area contributed by atoms with E-state index in [1.54, 1.807) is 7.11 Å². The zero-order chi connectivity index (χ0) is 11.1. The number of rotatable bonds is 3. The zero-order valence-corrected chi connectivity index (χ0v) is 10.0. The van der Waals surface area contributed by atoms with Crippen LogP contribution in [0, 0.1) is 5.92 Å². The maximum Gasteiger partial charge on any atom is 0.115 e. The Bertz CT molecular complexity index is 234. The average Bonchev–Trinajstić information content (AvgIpc) is 2.54. The maximum atomic E-state index is 13.5. The summed E-state index contributed by atoms with van der Waals surface area (Å²) < 4.78 is 18.9. The molecule has 0 aromatic rings. The van der Waals surface area contributed by atoms with Gasteiger partial charge in [0.05, 0.1) is 6.10 Å². The van der Waals surface area contributed by atoms with Crippen LogP contribution in [0.4, 0.5) is 4.39 Å². The number of hydrogen-bond donors (Lipinski definition) is 0. The van der Waals surface area contributed by atoms with Gasteiger partial charge in [-0.05, 0) is 25.2 Å². The summed E-state index contributed by atoms with van der Waals surface area (Å²) >= 11 is 0. The van der Waals surface area contributed by atoms with E-state index >= 15 is 0 Å². The largest absolute Gasteiger partial charge is 0.380 e. The summed E-state index contributed by atoms with van der Waals surface area (Å²) in [5.74, 6) is 0.633. The van der Waals surface area contributed by atoms with Gasteiger partial charge >= 0.3 is 0 Å². The van der Waals surface area contributed by atoms with Crippen molar-refractivity contribution in [3.63, 3.8) is 0 Å². The number of methoxy groups -OCH3 is 1. The Morgan fingerprint density at radius 1 is 1.40 bits per heavy atom. The summed E-state index contributed by atoms with van der Waals surface area (Å²) in [5.41, 5.74) is 0.105. The van der Waals surface area contributed by atoms with Crippen LogP contribution in [-0.2, 0) is 4.74 Å². The highest BCUT2D eigenvalue weighted by Crippen LogP contribution is 2.44. The van der Waals surface area contributed by atoms with E-state index in [1.165, 1.54) is 0 Å². The van der Waals surface area contributed by atoms with Crippen molar-refractivity contribution in [1.29, 1.82) is 0 Å². The highest BCUT2D eigenvalue weighted by atomic mass is 19.1. The Morgan fingerprint density at radius 3 is 2.73 bits per heavy atom. The molecule has 2 nitrogen and oxygen atoms in total. The smallest absolute Gasteiger partial charge is 0.115 e. The first-order valence-electron chi connectivity index (χ1n) is 5.97. The molecule has 0 aromatic heterocycles. The Hall–Kier alpha value is -0.150. The van der Waals surface area contributed by atoms with Gasteiger partial charge in [-0.2, -0.15) is 0 Å². The highest BCUT2D eigenvalue weighted by Gasteiger charge is 2.52. The summed E-state index contributed by atoms with van der Waals surface area (Å²) in [4.78, 5) is 2.33. The fourth-order valence-corrected chi connectivity index (χ4v) is 3.47. The van der Waals surface area contributed by atoms with Crippen molar-refractivity contribution >= 4 is 0 Å². The molecule has 2 rings (SSSR count). The highest BCUT2D eigenvalue weighted by molar-refractivity contribution is 5.06. The van der Waals surface area contributed by atoms with E-state index in [9.17, 15) is 4.39 Å². The second-order valence-electron chi connectivity index (χ2n) is 5.59. The van der Waals surface area contributed by atoms with Crippen LogP contribution >= 0.6 is 0 Å². The SMILES string of the molecule is CO[C@H]1CN2C[C@H](F)C[C@]2(CC(C)C)C1. The van der Waals surface area contributed by atoms with Crippen molar-refractivity contribution < 1.29 is 9.13 Å². The monoisotopic (exact) mass is 215 g/mol. The van der Waals surface area contributed by atoms with Gasteiger partial charge in [0.25, 0.3) is 0 Å². The molecular weight excluding hydrogens is 193 g/mol. The Balaban J connectivity index is 2.10. The molecule has 0 unspecified atom stereocenters. The minimum atomic E-state index is -0.624. The average molecular weight is 215 g/mol. The van der Waals surface area contributed by atoms with Crippen molar-refractivity contribution in [3.8, 4) is 0 Å². The van der Waals surface area contributed by atoms with Gasteiger partial charge in [0.2, 0.25) is 0 Å². The molecule has 3 atom stereocenters. The number of nitrogens with zero attached hydrogens (tertiary/aromatic N) is 1. The van der Waals surface area contributed by atoms with Gasteiger partial charge in [-0.3, -0.25) is 4.90 Å². The third-order valence-electron chi connectivity index (χ3n) is 3.84. The molecule has 3 heteroatoms. The van der Waals surface area contributed by atoms with Crippen LogP contribution < -0.4 is 0 Å². The fraction of sp³-hybridized carbons (Fsp3) is 1.00. The van der Waals surface area contributed by atoms with E-state index in [0.717, 1.165) is 19.4 Å². The molecular formula is C12H22FNO. The molecule has 0 aromatic carbocycles. The van der Waals surface area contributed by atoms with Gasteiger partial charge in [-0.15, -0.1) is 0 Å². The molecule has 0 N–H and O–H groups in total. The van der Waals surface area contributed by atoms with E-state index in [2.05, 4.69) is 18.7 Å². The first-order valence-corrected chi connectivity index (χ1v) is 5.97. The summed E-state index contributed by atoms with van der Waals surface area (Å²) in [7, 11) is 1.77. The minimum absolute atomic E-state index is 0.105. The van der Waals surface area contributed by atoms with Gasteiger partial charge in [-0.25, -0.2) is 4.39 Å². The fourth-order valence-electron chi connectivity index (χ4n) is 3.47. The first-order chi connectivity index (χ1) is 7.05. The van der Waals surface area contributed by atoms with Gasteiger partial charge in [0.1, 0.15) is 6.17 Å². The van der Waals surface area contributed by atoms with E-state index in [-0.39, 0.29) is 5.54 Å². The Morgan fingerprint density at radius 2 is 2.13 bits per heavy atom. The van der Waals surface area contributed by atoms with E-state index < -0.39 is 6.17 Å². The van der Waals surface area contributed by atoms with Crippen LogP contribution in [-0.4, -0.2) is 42.9 Å². The number of ether oxygens (including phenoxy) is 1. The van der Waals surface area contributed by atoms with Crippen LogP contribution in [0.15, 0.2) is 0 Å². The van der Waals surface area contributed by atoms with E-state index in [0.29, 0.717) is 25.0 Å². The topological polar surface area (TPSA) is 12.5 Å². The first kappa shape index (κ1) is 11.3. The molecule has 2 aliphatic rings. The van der Waals surface area contributed by atoms with Crippen molar-refractivity contribution in [1.82, 2.24) is 4.90 Å². The molecule has 0 spiro atoms. The summed E-state index contributed by atoms with van der Waals surface area (Å²) in [5, 5.41) is 0. The Labute approximate surface area is 91.8 Å². The lowest BCUT2D eigenvalue weighted by molar-refractivity contribution is 0.103. The molecule has 2 fully saturated rings. The third-order valence-corrected chi connectivity index (χ3v) is 3.84. The molecule has 15 heavy (non-hydrogen) atoms. The lowest BCUT2D eigenvalue weighted by Gasteiger charge is -2.33. The number of halogens is 1. The lowest BCUT2D eigenvalue weighted by Crippen LogP contribution is -2.39. The van der Waals surface area contributed by atoms with Crippen LogP contribution in [0.1, 0.15) is 33.1 Å². The predicted molar refractivity (Wildman–Crippen MR) is 58.7 cm³/mol. The van der Waals surface area contributed by atoms with Gasteiger partial charge in [0.15, 0.2) is 0 Å². The standard InChI is InChI=1S/C12H22FNO/c1-9(2)4-12-5-10(13)7-14(12)8-11(6-12)15-3/h9-11H,4-8H2,1-3H3/t10-,11-,12-/m1/s1. The molecule has 2 heterocycles. The second-order valence-corrected chi connectivity index (χ2v) is 5.59. The maximum absolute atomic E-state index is 13.5. The van der Waals surface area contributed by atoms with E-state index in [1.807, 2.05) is 0 Å². The number of alkyl halides is 1. The molecule has 88 valence electrons. The number of hydrogen-bond acceptors (Lipinski definition) is 2. The second kappa shape index (κ2) is 4.02. The molecule has 0 bridgehead atoms. The summed E-state index contributed by atoms with van der Waals surface area (Å²) in [6.07, 6.45) is 2.53. The molecule has 0 amide bonds. The lowest BCUT2D eigenvalue weighted by atomic mass is 9.84. The summed E-state index contributed by atoms with van der Waals surface area (Å²) in [6.45, 7) is 5.98. The zero-order valence-electron chi connectivity index (χ0n) is 10.0. The van der Waals surface area contributed by atoms with E-state index in [4.69, 9.17) is 4.74 Å². The van der Waals surface area contributed by atoms with Gasteiger partial charge in [0, 0.05) is 25.7 Å². The van der Waals surface area contributed by atoms with Crippen LogP contribution in [0.2, 0.25) is 0 Å². The van der Waals surface area contributed by atoms with Gasteiger partial charge in [-0.1, -0.05) is 13.8 Å². The molecule has 0 aliphatic carbocycles. The summed E-state index contributed by atoms with van der Waals surface area (Å²) in [6, 6.07) is 0. The van der Waals surface area contributed by atoms with Crippen molar-refractivity contribution in [2.24, 2.45) is 5.92 Å². The van der Waals surface area contributed by atoms with Crippen LogP contribution in [0.3, 0.4) is 0 Å². The molecule has 0 radical (unpaired) electrons. The molecule has 2 saturated heterocycles. The Kier molecular flexibility index (Phi) is 3.04. The number of fused-ring (bicyclic) bond motifs is 1. The molecule has 2 aliphatic heterocycles. The van der Waals surface area contributed by atoms with Crippen LogP contribution in [0.25, 0.3) is 0 Å². The quantitative estimate of drug-likeness (QED) is 0.716. The third kappa shape index (κ3) is 2.04. The van der Waals surface area contributed by atoms with Crippen LogP contribution in [0.5, 0.6) is 0 Å². The van der Waals surface area contributed by atoms with Gasteiger partial charge < -0.3 is 4.74 Å². The van der Waals surface area contributed by atoms with Crippen molar-refractivity contribution in [2.75, 3.05) is 20.2 Å². The van der Waals surface area contributed by atoms with Crippen molar-refractivity contribution in [2.45, 2.75) is 50.9 Å². The predicted octanol–water partition coefficient (Wildman–Crippen LogP) is 2.23. The normalized spacial score (nSPS) is 41.4. The minimum Gasteiger partial charge on any atom is -0.380 e. The molecule has 0 saturated carbocycles.